The fourth-order valence-corrected chi connectivity index (χ4v) is 2.56. The fraction of sp³-hybridized carbons (Fsp3) is 0.500. The number of benzene rings is 1. The number of anilines is 1. The minimum absolute atomic E-state index is 0.00750. The summed E-state index contributed by atoms with van der Waals surface area (Å²) in [5.41, 5.74) is 0.794. The van der Waals surface area contributed by atoms with Gasteiger partial charge in [0.25, 0.3) is 5.91 Å². The SMILES string of the molecule is NNc1ccc(C(=O)NC2CCCCC2)cc1C(F)(F)F. The summed E-state index contributed by atoms with van der Waals surface area (Å²) in [6.07, 6.45) is 0.397. The van der Waals surface area contributed by atoms with Crippen LogP contribution in [-0.4, -0.2) is 11.9 Å². The van der Waals surface area contributed by atoms with Gasteiger partial charge in [-0.3, -0.25) is 10.6 Å². The van der Waals surface area contributed by atoms with Crippen LogP contribution in [-0.2, 0) is 6.18 Å². The third kappa shape index (κ3) is 3.87. The molecule has 0 bridgehead atoms. The van der Waals surface area contributed by atoms with Crippen molar-refractivity contribution in [2.45, 2.75) is 44.3 Å². The molecule has 0 saturated heterocycles. The smallest absolute Gasteiger partial charge is 0.349 e. The van der Waals surface area contributed by atoms with Gasteiger partial charge in [-0.25, -0.2) is 0 Å². The Morgan fingerprint density at radius 3 is 2.43 bits per heavy atom. The number of carbonyl (C=O) groups is 1. The van der Waals surface area contributed by atoms with Gasteiger partial charge in [0, 0.05) is 11.6 Å². The van der Waals surface area contributed by atoms with E-state index in [2.05, 4.69) is 5.32 Å². The number of nitrogens with one attached hydrogen (secondary N) is 2. The fourth-order valence-electron chi connectivity index (χ4n) is 2.56. The lowest BCUT2D eigenvalue weighted by molar-refractivity contribution is -0.137. The number of hydrogen-bond donors (Lipinski definition) is 3. The van der Waals surface area contributed by atoms with Crippen molar-refractivity contribution in [1.29, 1.82) is 0 Å². The first-order valence-corrected chi connectivity index (χ1v) is 6.90. The molecule has 0 spiro atoms. The molecule has 1 saturated carbocycles. The van der Waals surface area contributed by atoms with E-state index in [-0.39, 0.29) is 17.3 Å². The number of carbonyl (C=O) groups excluding carboxylic acids is 1. The van der Waals surface area contributed by atoms with Gasteiger partial charge in [-0.15, -0.1) is 0 Å². The highest BCUT2D eigenvalue weighted by Crippen LogP contribution is 2.35. The highest BCUT2D eigenvalue weighted by Gasteiger charge is 2.34. The van der Waals surface area contributed by atoms with Gasteiger partial charge in [0.1, 0.15) is 0 Å². The lowest BCUT2D eigenvalue weighted by Crippen LogP contribution is -2.36. The van der Waals surface area contributed by atoms with Gasteiger partial charge in [-0.05, 0) is 31.0 Å². The zero-order valence-corrected chi connectivity index (χ0v) is 11.5. The summed E-state index contributed by atoms with van der Waals surface area (Å²) >= 11 is 0. The molecule has 21 heavy (non-hydrogen) atoms. The quantitative estimate of drug-likeness (QED) is 0.594. The maximum Gasteiger partial charge on any atom is 0.418 e. The van der Waals surface area contributed by atoms with Crippen LogP contribution < -0.4 is 16.6 Å². The Balaban J connectivity index is 2.17. The molecule has 0 heterocycles. The summed E-state index contributed by atoms with van der Waals surface area (Å²) in [4.78, 5) is 12.1. The van der Waals surface area contributed by atoms with E-state index in [4.69, 9.17) is 5.84 Å². The third-order valence-electron chi connectivity index (χ3n) is 3.68. The lowest BCUT2D eigenvalue weighted by atomic mass is 9.95. The Morgan fingerprint density at radius 1 is 1.19 bits per heavy atom. The Kier molecular flexibility index (Phi) is 4.72. The van der Waals surface area contributed by atoms with E-state index < -0.39 is 17.6 Å². The van der Waals surface area contributed by atoms with E-state index in [1.807, 2.05) is 5.43 Å². The van der Waals surface area contributed by atoms with Crippen LogP contribution in [0, 0.1) is 0 Å². The molecule has 1 aromatic carbocycles. The van der Waals surface area contributed by atoms with Gasteiger partial charge >= 0.3 is 6.18 Å². The van der Waals surface area contributed by atoms with Crippen LogP contribution in [0.1, 0.15) is 48.0 Å². The van der Waals surface area contributed by atoms with E-state index in [0.29, 0.717) is 0 Å². The number of nitrogen functional groups attached to an aromatic ring is 1. The molecule has 2 rings (SSSR count). The number of amides is 1. The summed E-state index contributed by atoms with van der Waals surface area (Å²) in [5.74, 6) is 4.60. The van der Waals surface area contributed by atoms with Crippen molar-refractivity contribution >= 4 is 11.6 Å². The molecular weight excluding hydrogens is 283 g/mol. The lowest BCUT2D eigenvalue weighted by Gasteiger charge is -2.23. The Labute approximate surface area is 120 Å². The molecule has 4 nitrogen and oxygen atoms in total. The first kappa shape index (κ1) is 15.6. The molecule has 1 fully saturated rings. The van der Waals surface area contributed by atoms with Crippen LogP contribution >= 0.6 is 0 Å². The predicted molar refractivity (Wildman–Crippen MR) is 73.6 cm³/mol. The summed E-state index contributed by atoms with van der Waals surface area (Å²) < 4.78 is 38.7. The number of hydrogen-bond acceptors (Lipinski definition) is 3. The molecule has 1 aliphatic rings. The molecule has 1 aromatic rings. The number of alkyl halides is 3. The van der Waals surface area contributed by atoms with Crippen LogP contribution in [0.25, 0.3) is 0 Å². The normalized spacial score (nSPS) is 16.6. The van der Waals surface area contributed by atoms with Crippen molar-refractivity contribution in [2.24, 2.45) is 5.84 Å². The number of nitrogens with two attached hydrogens (primary N) is 1. The second kappa shape index (κ2) is 6.34. The molecule has 4 N–H and O–H groups in total. The second-order valence-electron chi connectivity index (χ2n) is 5.21. The van der Waals surface area contributed by atoms with E-state index in [1.54, 1.807) is 0 Å². The molecule has 1 amide bonds. The maximum absolute atomic E-state index is 12.9. The summed E-state index contributed by atoms with van der Waals surface area (Å²) in [7, 11) is 0. The first-order valence-electron chi connectivity index (χ1n) is 6.90. The zero-order valence-electron chi connectivity index (χ0n) is 11.5. The zero-order chi connectivity index (χ0) is 15.5. The average molecular weight is 301 g/mol. The first-order chi connectivity index (χ1) is 9.91. The van der Waals surface area contributed by atoms with Crippen molar-refractivity contribution in [2.75, 3.05) is 5.43 Å². The second-order valence-corrected chi connectivity index (χ2v) is 5.21. The molecule has 0 radical (unpaired) electrons. The van der Waals surface area contributed by atoms with Crippen LogP contribution in [0.2, 0.25) is 0 Å². The van der Waals surface area contributed by atoms with E-state index in [0.717, 1.165) is 38.2 Å². The monoisotopic (exact) mass is 301 g/mol. The van der Waals surface area contributed by atoms with Crippen LogP contribution in [0.15, 0.2) is 18.2 Å². The number of halogens is 3. The van der Waals surface area contributed by atoms with Crippen molar-refractivity contribution in [3.8, 4) is 0 Å². The van der Waals surface area contributed by atoms with Gasteiger partial charge in [0.2, 0.25) is 0 Å². The highest BCUT2D eigenvalue weighted by atomic mass is 19.4. The van der Waals surface area contributed by atoms with Gasteiger partial charge < -0.3 is 10.7 Å². The molecule has 116 valence electrons. The van der Waals surface area contributed by atoms with E-state index >= 15 is 0 Å². The van der Waals surface area contributed by atoms with Gasteiger partial charge in [0.05, 0.1) is 11.3 Å². The van der Waals surface area contributed by atoms with Crippen molar-refractivity contribution in [1.82, 2.24) is 5.32 Å². The Hall–Kier alpha value is -1.76. The molecule has 0 aliphatic heterocycles. The minimum Gasteiger partial charge on any atom is -0.349 e. The number of rotatable bonds is 3. The van der Waals surface area contributed by atoms with Gasteiger partial charge in [0.15, 0.2) is 0 Å². The van der Waals surface area contributed by atoms with Crippen LogP contribution in [0.3, 0.4) is 0 Å². The van der Waals surface area contributed by atoms with Crippen molar-refractivity contribution in [3.05, 3.63) is 29.3 Å². The highest BCUT2D eigenvalue weighted by molar-refractivity contribution is 5.95. The van der Waals surface area contributed by atoms with Gasteiger partial charge in [-0.1, -0.05) is 19.3 Å². The molecule has 0 aromatic heterocycles. The topological polar surface area (TPSA) is 67.1 Å². The van der Waals surface area contributed by atoms with Crippen LogP contribution in [0.5, 0.6) is 0 Å². The Bertz CT molecular complexity index is 511. The third-order valence-corrected chi connectivity index (χ3v) is 3.68. The molecule has 7 heteroatoms. The maximum atomic E-state index is 12.9. The van der Waals surface area contributed by atoms with Crippen molar-refractivity contribution in [3.63, 3.8) is 0 Å². The average Bonchev–Trinajstić information content (AvgIpc) is 2.46. The van der Waals surface area contributed by atoms with E-state index in [1.165, 1.54) is 12.1 Å². The summed E-state index contributed by atoms with van der Waals surface area (Å²) in [6, 6.07) is 3.38. The minimum atomic E-state index is -4.57. The molecule has 0 unspecified atom stereocenters. The van der Waals surface area contributed by atoms with Gasteiger partial charge in [-0.2, -0.15) is 13.2 Å². The standard InChI is InChI=1S/C14H18F3N3O/c15-14(16,17)11-8-9(6-7-12(11)20-18)13(21)19-10-4-2-1-3-5-10/h6-8,10,20H,1-5,18H2,(H,19,21). The predicted octanol–water partition coefficient (Wildman–Crippen LogP) is 3.05. The number of hydrazine groups is 1. The van der Waals surface area contributed by atoms with Crippen molar-refractivity contribution < 1.29 is 18.0 Å². The Morgan fingerprint density at radius 2 is 1.86 bits per heavy atom. The largest absolute Gasteiger partial charge is 0.418 e. The summed E-state index contributed by atoms with van der Waals surface area (Å²) in [6.45, 7) is 0. The summed E-state index contributed by atoms with van der Waals surface area (Å²) in [5, 5.41) is 2.79. The van der Waals surface area contributed by atoms with Crippen LogP contribution in [0.4, 0.5) is 18.9 Å². The molecule has 0 atom stereocenters. The molecular formula is C14H18F3N3O. The molecule has 1 aliphatic carbocycles. The van der Waals surface area contributed by atoms with E-state index in [9.17, 15) is 18.0 Å².